The molecule has 1 aromatic heterocycles. The summed E-state index contributed by atoms with van der Waals surface area (Å²) in [6.07, 6.45) is 0. The third kappa shape index (κ3) is 1.82. The van der Waals surface area contributed by atoms with E-state index in [4.69, 9.17) is 0 Å². The molecule has 0 unspecified atom stereocenters. The fourth-order valence-corrected chi connectivity index (χ4v) is 1.83. The largest absolute Gasteiger partial charge is 0.357 e. The molecule has 0 aliphatic rings. The fourth-order valence-electron chi connectivity index (χ4n) is 1.58. The van der Waals surface area contributed by atoms with E-state index in [2.05, 4.69) is 44.4 Å². The van der Waals surface area contributed by atoms with Crippen molar-refractivity contribution >= 4 is 21.9 Å². The first kappa shape index (κ1) is 11.1. The van der Waals surface area contributed by atoms with Crippen molar-refractivity contribution in [1.82, 2.24) is 14.8 Å². The molecule has 84 valence electrons. The van der Waals surface area contributed by atoms with E-state index in [0.29, 0.717) is 0 Å². The number of hydrogen-bond acceptors (Lipinski definition) is 3. The Morgan fingerprint density at radius 1 is 1.31 bits per heavy atom. The van der Waals surface area contributed by atoms with E-state index in [1.165, 1.54) is 5.56 Å². The second kappa shape index (κ2) is 4.25. The maximum absolute atomic E-state index is 4.16. The van der Waals surface area contributed by atoms with Crippen LogP contribution in [0.5, 0.6) is 0 Å². The number of hydrogen-bond donors (Lipinski definition) is 1. The Labute approximate surface area is 103 Å². The first-order valence-electron chi connectivity index (χ1n) is 4.97. The summed E-state index contributed by atoms with van der Waals surface area (Å²) in [5, 5.41) is 11.2. The van der Waals surface area contributed by atoms with E-state index in [0.717, 1.165) is 21.8 Å². The highest BCUT2D eigenvalue weighted by molar-refractivity contribution is 9.10. The number of rotatable bonds is 2. The van der Waals surface area contributed by atoms with E-state index in [1.807, 2.05) is 30.8 Å². The Morgan fingerprint density at radius 3 is 2.62 bits per heavy atom. The van der Waals surface area contributed by atoms with Crippen molar-refractivity contribution in [2.45, 2.75) is 6.92 Å². The molecule has 2 aromatic rings. The quantitative estimate of drug-likeness (QED) is 0.920. The first-order chi connectivity index (χ1) is 7.63. The first-order valence-corrected chi connectivity index (χ1v) is 5.76. The topological polar surface area (TPSA) is 42.7 Å². The molecule has 0 aliphatic carbocycles. The summed E-state index contributed by atoms with van der Waals surface area (Å²) in [4.78, 5) is 0. The maximum atomic E-state index is 4.16. The summed E-state index contributed by atoms with van der Waals surface area (Å²) < 4.78 is 3.04. The van der Waals surface area contributed by atoms with Gasteiger partial charge in [0.1, 0.15) is 0 Å². The van der Waals surface area contributed by atoms with E-state index in [1.54, 1.807) is 0 Å². The van der Waals surface area contributed by atoms with Gasteiger partial charge in [-0.1, -0.05) is 22.0 Å². The lowest BCUT2D eigenvalue weighted by Crippen LogP contribution is -1.99. The molecular weight excluding hydrogens is 268 g/mol. The minimum Gasteiger partial charge on any atom is -0.357 e. The molecule has 0 aliphatic heterocycles. The molecule has 0 saturated carbocycles. The summed E-state index contributed by atoms with van der Waals surface area (Å²) in [7, 11) is 3.78. The van der Waals surface area contributed by atoms with Gasteiger partial charge in [-0.25, -0.2) is 0 Å². The molecule has 0 bridgehead atoms. The van der Waals surface area contributed by atoms with Crippen LogP contribution in [0.15, 0.2) is 22.7 Å². The molecule has 5 heteroatoms. The number of nitrogens with zero attached hydrogens (tertiary/aromatic N) is 3. The Morgan fingerprint density at radius 2 is 2.06 bits per heavy atom. The third-order valence-electron chi connectivity index (χ3n) is 2.51. The Balaban J connectivity index is 2.50. The number of benzene rings is 1. The Bertz CT molecular complexity index is 519. The zero-order valence-electron chi connectivity index (χ0n) is 9.45. The van der Waals surface area contributed by atoms with E-state index >= 15 is 0 Å². The standard InChI is InChI=1S/C11H13BrN4/c1-7-6-8(4-5-9(7)12)10-14-15-11(13-2)16(10)3/h4-6H,1-3H3,(H,13,15). The van der Waals surface area contributed by atoms with Crippen LogP contribution in [0.2, 0.25) is 0 Å². The van der Waals surface area contributed by atoms with Crippen LogP contribution in [0.3, 0.4) is 0 Å². The average Bonchev–Trinajstić information content (AvgIpc) is 2.64. The Kier molecular flexibility index (Phi) is 2.96. The zero-order chi connectivity index (χ0) is 11.7. The van der Waals surface area contributed by atoms with Crippen LogP contribution in [0.4, 0.5) is 5.95 Å². The van der Waals surface area contributed by atoms with Crippen molar-refractivity contribution in [2.24, 2.45) is 7.05 Å². The minimum atomic E-state index is 0.760. The van der Waals surface area contributed by atoms with Crippen molar-refractivity contribution < 1.29 is 0 Å². The molecule has 4 nitrogen and oxygen atoms in total. The molecule has 16 heavy (non-hydrogen) atoms. The smallest absolute Gasteiger partial charge is 0.224 e. The predicted molar refractivity (Wildman–Crippen MR) is 68.4 cm³/mol. The number of halogens is 1. The van der Waals surface area contributed by atoms with Gasteiger partial charge in [0.05, 0.1) is 0 Å². The SMILES string of the molecule is CNc1nnc(-c2ccc(Br)c(C)c2)n1C. The second-order valence-corrected chi connectivity index (χ2v) is 4.47. The molecule has 2 rings (SSSR count). The highest BCUT2D eigenvalue weighted by Gasteiger charge is 2.09. The van der Waals surface area contributed by atoms with Gasteiger partial charge in [0.2, 0.25) is 5.95 Å². The summed E-state index contributed by atoms with van der Waals surface area (Å²) in [6.45, 7) is 2.06. The normalized spacial score (nSPS) is 10.5. The lowest BCUT2D eigenvalue weighted by molar-refractivity contribution is 0.925. The van der Waals surface area contributed by atoms with Gasteiger partial charge in [0.15, 0.2) is 5.82 Å². The fraction of sp³-hybridized carbons (Fsp3) is 0.273. The van der Waals surface area contributed by atoms with Crippen molar-refractivity contribution in [1.29, 1.82) is 0 Å². The van der Waals surface area contributed by atoms with Gasteiger partial charge >= 0.3 is 0 Å². The molecule has 0 spiro atoms. The van der Waals surface area contributed by atoms with Crippen LogP contribution in [0.1, 0.15) is 5.56 Å². The van der Waals surface area contributed by atoms with Crippen LogP contribution < -0.4 is 5.32 Å². The van der Waals surface area contributed by atoms with Crippen LogP contribution in [0.25, 0.3) is 11.4 Å². The summed E-state index contributed by atoms with van der Waals surface area (Å²) in [5.74, 6) is 1.62. The van der Waals surface area contributed by atoms with Gasteiger partial charge in [-0.15, -0.1) is 10.2 Å². The van der Waals surface area contributed by atoms with Gasteiger partial charge < -0.3 is 5.32 Å². The molecule has 1 N–H and O–H groups in total. The van der Waals surface area contributed by atoms with Crippen LogP contribution in [-0.2, 0) is 7.05 Å². The van der Waals surface area contributed by atoms with Crippen molar-refractivity contribution in [2.75, 3.05) is 12.4 Å². The number of aryl methyl sites for hydroxylation is 1. The number of nitrogens with one attached hydrogen (secondary N) is 1. The van der Waals surface area contributed by atoms with Gasteiger partial charge in [-0.05, 0) is 24.6 Å². The lowest BCUT2D eigenvalue weighted by Gasteiger charge is -2.05. The molecule has 0 saturated heterocycles. The monoisotopic (exact) mass is 280 g/mol. The summed E-state index contributed by atoms with van der Waals surface area (Å²) in [5.41, 5.74) is 2.25. The highest BCUT2D eigenvalue weighted by Crippen LogP contribution is 2.24. The maximum Gasteiger partial charge on any atom is 0.224 e. The molecular formula is C11H13BrN4. The number of aromatic nitrogens is 3. The average molecular weight is 281 g/mol. The molecule has 1 heterocycles. The van der Waals surface area contributed by atoms with Crippen molar-refractivity contribution in [3.8, 4) is 11.4 Å². The third-order valence-corrected chi connectivity index (χ3v) is 3.40. The number of anilines is 1. The molecule has 0 fully saturated rings. The van der Waals surface area contributed by atoms with E-state index in [-0.39, 0.29) is 0 Å². The van der Waals surface area contributed by atoms with E-state index in [9.17, 15) is 0 Å². The molecule has 1 aromatic carbocycles. The van der Waals surface area contributed by atoms with Gasteiger partial charge in [-0.3, -0.25) is 4.57 Å². The minimum absolute atomic E-state index is 0.760. The summed E-state index contributed by atoms with van der Waals surface area (Å²) in [6, 6.07) is 6.15. The van der Waals surface area contributed by atoms with Crippen LogP contribution in [0, 0.1) is 6.92 Å². The molecule has 0 radical (unpaired) electrons. The zero-order valence-corrected chi connectivity index (χ0v) is 11.0. The van der Waals surface area contributed by atoms with Gasteiger partial charge in [0.25, 0.3) is 0 Å². The van der Waals surface area contributed by atoms with E-state index < -0.39 is 0 Å². The molecule has 0 amide bonds. The van der Waals surface area contributed by atoms with Crippen LogP contribution in [-0.4, -0.2) is 21.8 Å². The second-order valence-electron chi connectivity index (χ2n) is 3.62. The lowest BCUT2D eigenvalue weighted by atomic mass is 10.1. The van der Waals surface area contributed by atoms with Crippen LogP contribution >= 0.6 is 15.9 Å². The summed E-state index contributed by atoms with van der Waals surface area (Å²) >= 11 is 3.48. The predicted octanol–water partition coefficient (Wildman–Crippen LogP) is 2.59. The van der Waals surface area contributed by atoms with Gasteiger partial charge in [0, 0.05) is 24.1 Å². The van der Waals surface area contributed by atoms with Gasteiger partial charge in [-0.2, -0.15) is 0 Å². The van der Waals surface area contributed by atoms with Crippen molar-refractivity contribution in [3.63, 3.8) is 0 Å². The molecule has 0 atom stereocenters. The van der Waals surface area contributed by atoms with Crippen molar-refractivity contribution in [3.05, 3.63) is 28.2 Å². The Hall–Kier alpha value is -1.36. The highest BCUT2D eigenvalue weighted by atomic mass is 79.9.